The van der Waals surface area contributed by atoms with Crippen LogP contribution in [-0.2, 0) is 13.0 Å². The standard InChI is InChI=1S/C15H21N3S/c1-2-3-15-17-13-8-12(16)4-5-14(13)18(15)9-11-6-7-19-10-11/h4-5,8,11H,2-3,6-7,9-10,16H2,1H3. The number of aryl methyl sites for hydroxylation is 1. The smallest absolute Gasteiger partial charge is 0.109 e. The van der Waals surface area contributed by atoms with Crippen LogP contribution in [-0.4, -0.2) is 21.1 Å². The summed E-state index contributed by atoms with van der Waals surface area (Å²) < 4.78 is 2.43. The molecule has 0 amide bonds. The molecular weight excluding hydrogens is 254 g/mol. The maximum Gasteiger partial charge on any atom is 0.109 e. The zero-order chi connectivity index (χ0) is 13.2. The second kappa shape index (κ2) is 5.45. The molecule has 0 radical (unpaired) electrons. The van der Waals surface area contributed by atoms with Crippen molar-refractivity contribution < 1.29 is 0 Å². The first-order chi connectivity index (χ1) is 9.28. The molecule has 19 heavy (non-hydrogen) atoms. The van der Waals surface area contributed by atoms with Gasteiger partial charge in [0.25, 0.3) is 0 Å². The van der Waals surface area contributed by atoms with E-state index in [1.54, 1.807) is 0 Å². The Morgan fingerprint density at radius 1 is 1.47 bits per heavy atom. The fourth-order valence-electron chi connectivity index (χ4n) is 2.80. The number of hydrogen-bond acceptors (Lipinski definition) is 3. The van der Waals surface area contributed by atoms with Gasteiger partial charge in [-0.25, -0.2) is 4.98 Å². The molecule has 2 aromatic rings. The molecule has 2 heterocycles. The van der Waals surface area contributed by atoms with Gasteiger partial charge >= 0.3 is 0 Å². The highest BCUT2D eigenvalue weighted by Gasteiger charge is 2.19. The lowest BCUT2D eigenvalue weighted by Gasteiger charge is -2.13. The number of rotatable bonds is 4. The van der Waals surface area contributed by atoms with Gasteiger partial charge in [0.05, 0.1) is 11.0 Å². The van der Waals surface area contributed by atoms with Crippen LogP contribution in [0.4, 0.5) is 5.69 Å². The molecule has 1 unspecified atom stereocenters. The van der Waals surface area contributed by atoms with Crippen molar-refractivity contribution in [3.63, 3.8) is 0 Å². The highest BCUT2D eigenvalue weighted by Crippen LogP contribution is 2.28. The van der Waals surface area contributed by atoms with Crippen LogP contribution in [0.3, 0.4) is 0 Å². The van der Waals surface area contributed by atoms with Crippen LogP contribution in [0.2, 0.25) is 0 Å². The number of fused-ring (bicyclic) bond motifs is 1. The monoisotopic (exact) mass is 275 g/mol. The van der Waals surface area contributed by atoms with E-state index in [9.17, 15) is 0 Å². The fourth-order valence-corrected chi connectivity index (χ4v) is 4.07. The second-order valence-electron chi connectivity index (χ2n) is 5.37. The number of nitrogens with two attached hydrogens (primary N) is 1. The molecule has 0 aliphatic carbocycles. The second-order valence-corrected chi connectivity index (χ2v) is 6.52. The van der Waals surface area contributed by atoms with Crippen LogP contribution in [0.15, 0.2) is 18.2 Å². The molecule has 1 aliphatic rings. The van der Waals surface area contributed by atoms with E-state index in [4.69, 9.17) is 10.7 Å². The number of hydrogen-bond donors (Lipinski definition) is 1. The first-order valence-corrected chi connectivity index (χ1v) is 8.25. The molecule has 3 nitrogen and oxygen atoms in total. The van der Waals surface area contributed by atoms with E-state index in [1.165, 1.54) is 29.3 Å². The summed E-state index contributed by atoms with van der Waals surface area (Å²) >= 11 is 2.08. The van der Waals surface area contributed by atoms with Crippen LogP contribution < -0.4 is 5.73 Å². The first-order valence-electron chi connectivity index (χ1n) is 7.10. The molecule has 2 N–H and O–H groups in total. The number of aromatic nitrogens is 2. The minimum Gasteiger partial charge on any atom is -0.399 e. The number of imidazole rings is 1. The zero-order valence-corrected chi connectivity index (χ0v) is 12.2. The Morgan fingerprint density at radius 3 is 3.11 bits per heavy atom. The Kier molecular flexibility index (Phi) is 3.69. The first kappa shape index (κ1) is 12.9. The van der Waals surface area contributed by atoms with Crippen molar-refractivity contribution in [3.8, 4) is 0 Å². The van der Waals surface area contributed by atoms with Gasteiger partial charge in [-0.2, -0.15) is 11.8 Å². The number of benzene rings is 1. The summed E-state index contributed by atoms with van der Waals surface area (Å²) in [4.78, 5) is 4.78. The summed E-state index contributed by atoms with van der Waals surface area (Å²) in [5.74, 6) is 4.63. The quantitative estimate of drug-likeness (QED) is 0.870. The van der Waals surface area contributed by atoms with E-state index in [1.807, 2.05) is 12.1 Å². The molecule has 1 fully saturated rings. The van der Waals surface area contributed by atoms with E-state index >= 15 is 0 Å². The average molecular weight is 275 g/mol. The number of nitrogen functional groups attached to an aromatic ring is 1. The SMILES string of the molecule is CCCc1nc2cc(N)ccc2n1CC1CCSC1. The van der Waals surface area contributed by atoms with Gasteiger partial charge in [0, 0.05) is 18.7 Å². The minimum absolute atomic E-state index is 0.801. The third-order valence-electron chi connectivity index (χ3n) is 3.79. The summed E-state index contributed by atoms with van der Waals surface area (Å²) in [6.07, 6.45) is 3.53. The Hall–Kier alpha value is -1.16. The van der Waals surface area contributed by atoms with Gasteiger partial charge in [0.1, 0.15) is 5.82 Å². The molecule has 1 aromatic carbocycles. The lowest BCUT2D eigenvalue weighted by Crippen LogP contribution is -2.12. The molecular formula is C15H21N3S. The third-order valence-corrected chi connectivity index (χ3v) is 5.02. The van der Waals surface area contributed by atoms with Gasteiger partial charge < -0.3 is 10.3 Å². The molecule has 0 saturated carbocycles. The lowest BCUT2D eigenvalue weighted by atomic mass is 10.1. The lowest BCUT2D eigenvalue weighted by molar-refractivity contribution is 0.487. The maximum absolute atomic E-state index is 5.87. The van der Waals surface area contributed by atoms with Crippen molar-refractivity contribution in [3.05, 3.63) is 24.0 Å². The Balaban J connectivity index is 2.00. The summed E-state index contributed by atoms with van der Waals surface area (Å²) in [6.45, 7) is 3.33. The van der Waals surface area contributed by atoms with Crippen molar-refractivity contribution >= 4 is 28.5 Å². The molecule has 0 spiro atoms. The highest BCUT2D eigenvalue weighted by molar-refractivity contribution is 7.99. The van der Waals surface area contributed by atoms with Crippen LogP contribution in [0.25, 0.3) is 11.0 Å². The number of nitrogens with zero attached hydrogens (tertiary/aromatic N) is 2. The Labute approximate surface area is 118 Å². The molecule has 3 rings (SSSR count). The predicted molar refractivity (Wildman–Crippen MR) is 83.6 cm³/mol. The molecule has 0 bridgehead atoms. The topological polar surface area (TPSA) is 43.8 Å². The van der Waals surface area contributed by atoms with Crippen molar-refractivity contribution in [2.24, 2.45) is 5.92 Å². The molecule has 102 valence electrons. The third kappa shape index (κ3) is 2.59. The van der Waals surface area contributed by atoms with Crippen LogP contribution in [0, 0.1) is 5.92 Å². The molecule has 4 heteroatoms. The van der Waals surface area contributed by atoms with Crippen LogP contribution in [0.1, 0.15) is 25.6 Å². The van der Waals surface area contributed by atoms with Gasteiger partial charge in [-0.05, 0) is 48.5 Å². The van der Waals surface area contributed by atoms with Gasteiger partial charge in [-0.15, -0.1) is 0 Å². The van der Waals surface area contributed by atoms with E-state index < -0.39 is 0 Å². The van der Waals surface area contributed by atoms with Crippen molar-refractivity contribution in [2.75, 3.05) is 17.2 Å². The van der Waals surface area contributed by atoms with Gasteiger partial charge in [0.15, 0.2) is 0 Å². The molecule has 1 aliphatic heterocycles. The van der Waals surface area contributed by atoms with Gasteiger partial charge in [0.2, 0.25) is 0 Å². The maximum atomic E-state index is 5.87. The Morgan fingerprint density at radius 2 is 2.37 bits per heavy atom. The summed E-state index contributed by atoms with van der Waals surface area (Å²) in [5.41, 5.74) is 8.97. The Bertz CT molecular complexity index is 570. The largest absolute Gasteiger partial charge is 0.399 e. The summed E-state index contributed by atoms with van der Waals surface area (Å²) in [6, 6.07) is 6.10. The normalized spacial score (nSPS) is 19.3. The van der Waals surface area contributed by atoms with Crippen LogP contribution in [0.5, 0.6) is 0 Å². The predicted octanol–water partition coefficient (Wildman–Crippen LogP) is 3.32. The van der Waals surface area contributed by atoms with Crippen molar-refractivity contribution in [2.45, 2.75) is 32.7 Å². The van der Waals surface area contributed by atoms with Crippen molar-refractivity contribution in [1.82, 2.24) is 9.55 Å². The van der Waals surface area contributed by atoms with Crippen molar-refractivity contribution in [1.29, 1.82) is 0 Å². The summed E-state index contributed by atoms with van der Waals surface area (Å²) in [7, 11) is 0. The van der Waals surface area contributed by atoms with Gasteiger partial charge in [-0.1, -0.05) is 6.92 Å². The van der Waals surface area contributed by atoms with E-state index in [0.29, 0.717) is 0 Å². The van der Waals surface area contributed by atoms with E-state index in [0.717, 1.165) is 36.5 Å². The van der Waals surface area contributed by atoms with E-state index in [2.05, 4.69) is 29.3 Å². The number of anilines is 1. The molecule has 1 saturated heterocycles. The molecule has 1 aromatic heterocycles. The fraction of sp³-hybridized carbons (Fsp3) is 0.533. The highest BCUT2D eigenvalue weighted by atomic mass is 32.2. The minimum atomic E-state index is 0.801. The summed E-state index contributed by atoms with van der Waals surface area (Å²) in [5, 5.41) is 0. The van der Waals surface area contributed by atoms with Gasteiger partial charge in [-0.3, -0.25) is 0 Å². The average Bonchev–Trinajstić information content (AvgIpc) is 2.99. The van der Waals surface area contributed by atoms with E-state index in [-0.39, 0.29) is 0 Å². The number of thioether (sulfide) groups is 1. The zero-order valence-electron chi connectivity index (χ0n) is 11.4. The van der Waals surface area contributed by atoms with Crippen LogP contribution >= 0.6 is 11.8 Å². The molecule has 1 atom stereocenters.